The molecule has 5 nitrogen and oxygen atoms in total. The SMILES string of the molecule is CCCN(CCN1CCN(C(=O)OCC(C)C)CC1)C1CCCCC1.Cl. The number of ether oxygens (including phenoxy) is 1. The summed E-state index contributed by atoms with van der Waals surface area (Å²) in [5.74, 6) is 0.398. The molecule has 1 heterocycles. The Balaban J connectivity index is 0.00000338. The monoisotopic (exact) mass is 389 g/mol. The number of hydrogen-bond donors (Lipinski definition) is 0. The van der Waals surface area contributed by atoms with Gasteiger partial charge in [-0.05, 0) is 31.7 Å². The molecule has 1 saturated carbocycles. The molecule has 6 heteroatoms. The highest BCUT2D eigenvalue weighted by atomic mass is 35.5. The molecule has 1 aliphatic carbocycles. The summed E-state index contributed by atoms with van der Waals surface area (Å²) in [5.41, 5.74) is 0. The molecule has 1 amide bonds. The van der Waals surface area contributed by atoms with Crippen LogP contribution in [0.25, 0.3) is 0 Å². The minimum absolute atomic E-state index is 0. The number of carbonyl (C=O) groups is 1. The Hall–Kier alpha value is -0.520. The predicted molar refractivity (Wildman–Crippen MR) is 110 cm³/mol. The van der Waals surface area contributed by atoms with Crippen LogP contribution < -0.4 is 0 Å². The lowest BCUT2D eigenvalue weighted by Gasteiger charge is -2.38. The van der Waals surface area contributed by atoms with Gasteiger partial charge in [0.2, 0.25) is 0 Å². The first kappa shape index (κ1) is 23.5. The zero-order valence-electron chi connectivity index (χ0n) is 17.1. The number of piperazine rings is 1. The lowest BCUT2D eigenvalue weighted by molar-refractivity contribution is 0.0631. The molecule has 0 aromatic carbocycles. The maximum absolute atomic E-state index is 12.0. The third-order valence-electron chi connectivity index (χ3n) is 5.48. The number of hydrogen-bond acceptors (Lipinski definition) is 4. The van der Waals surface area contributed by atoms with Gasteiger partial charge in [-0.2, -0.15) is 0 Å². The largest absolute Gasteiger partial charge is 0.449 e. The first-order valence-electron chi connectivity index (χ1n) is 10.5. The second kappa shape index (κ2) is 12.8. The van der Waals surface area contributed by atoms with Crippen LogP contribution >= 0.6 is 12.4 Å². The highest BCUT2D eigenvalue weighted by Gasteiger charge is 2.24. The third kappa shape index (κ3) is 8.01. The van der Waals surface area contributed by atoms with E-state index in [1.807, 2.05) is 4.90 Å². The van der Waals surface area contributed by atoms with Gasteiger partial charge in [-0.1, -0.05) is 40.0 Å². The fraction of sp³-hybridized carbons (Fsp3) is 0.950. The van der Waals surface area contributed by atoms with E-state index in [9.17, 15) is 4.79 Å². The Bertz CT molecular complexity index is 381. The van der Waals surface area contributed by atoms with Crippen molar-refractivity contribution in [3.8, 4) is 0 Å². The Labute approximate surface area is 166 Å². The molecule has 0 spiro atoms. The molecule has 2 rings (SSSR count). The minimum atomic E-state index is -0.136. The fourth-order valence-electron chi connectivity index (χ4n) is 3.96. The number of carbonyl (C=O) groups excluding carboxylic acids is 1. The van der Waals surface area contributed by atoms with Crippen LogP contribution in [-0.4, -0.2) is 79.3 Å². The molecule has 0 aromatic heterocycles. The van der Waals surface area contributed by atoms with Gasteiger partial charge in [-0.25, -0.2) is 4.79 Å². The molecule has 0 aromatic rings. The van der Waals surface area contributed by atoms with Crippen molar-refractivity contribution in [2.75, 3.05) is 52.4 Å². The van der Waals surface area contributed by atoms with E-state index in [-0.39, 0.29) is 18.5 Å². The van der Waals surface area contributed by atoms with E-state index in [2.05, 4.69) is 30.6 Å². The minimum Gasteiger partial charge on any atom is -0.449 e. The lowest BCUT2D eigenvalue weighted by Crippen LogP contribution is -2.51. The van der Waals surface area contributed by atoms with E-state index < -0.39 is 0 Å². The summed E-state index contributed by atoms with van der Waals surface area (Å²) >= 11 is 0. The highest BCUT2D eigenvalue weighted by Crippen LogP contribution is 2.22. The molecule has 154 valence electrons. The van der Waals surface area contributed by atoms with Crippen molar-refractivity contribution in [2.45, 2.75) is 65.3 Å². The van der Waals surface area contributed by atoms with Crippen LogP contribution in [0.4, 0.5) is 4.79 Å². The van der Waals surface area contributed by atoms with Crippen molar-refractivity contribution in [1.29, 1.82) is 0 Å². The topological polar surface area (TPSA) is 36.0 Å². The Morgan fingerprint density at radius 3 is 2.31 bits per heavy atom. The van der Waals surface area contributed by atoms with Crippen LogP contribution in [0.5, 0.6) is 0 Å². The first-order chi connectivity index (χ1) is 12.1. The molecule has 0 N–H and O–H groups in total. The molecule has 0 bridgehead atoms. The molecule has 2 aliphatic rings. The second-order valence-electron chi connectivity index (χ2n) is 8.13. The normalized spacial score (nSPS) is 19.7. The number of halogens is 1. The zero-order chi connectivity index (χ0) is 18.1. The summed E-state index contributed by atoms with van der Waals surface area (Å²) in [6, 6.07) is 0.806. The van der Waals surface area contributed by atoms with Gasteiger partial charge in [0.15, 0.2) is 0 Å². The maximum Gasteiger partial charge on any atom is 0.409 e. The second-order valence-corrected chi connectivity index (χ2v) is 8.13. The summed E-state index contributed by atoms with van der Waals surface area (Å²) in [7, 11) is 0. The van der Waals surface area contributed by atoms with Crippen LogP contribution in [-0.2, 0) is 4.74 Å². The first-order valence-corrected chi connectivity index (χ1v) is 10.5. The van der Waals surface area contributed by atoms with E-state index in [0.717, 1.165) is 38.8 Å². The van der Waals surface area contributed by atoms with Gasteiger partial charge in [0.25, 0.3) is 0 Å². The molecule has 0 radical (unpaired) electrons. The van der Waals surface area contributed by atoms with Crippen molar-refractivity contribution >= 4 is 18.5 Å². The molecule has 1 saturated heterocycles. The number of nitrogens with zero attached hydrogens (tertiary/aromatic N) is 3. The highest BCUT2D eigenvalue weighted by molar-refractivity contribution is 5.85. The fourth-order valence-corrected chi connectivity index (χ4v) is 3.96. The molecule has 2 fully saturated rings. The Morgan fingerprint density at radius 1 is 1.08 bits per heavy atom. The van der Waals surface area contributed by atoms with Crippen molar-refractivity contribution in [3.63, 3.8) is 0 Å². The molecule has 1 aliphatic heterocycles. The standard InChI is InChI=1S/C20H39N3O2.ClH/c1-4-10-22(19-8-6-5-7-9-19)14-11-21-12-15-23(16-13-21)20(24)25-17-18(2)3;/h18-19H,4-17H2,1-3H3;1H. The molecular weight excluding hydrogens is 350 g/mol. The summed E-state index contributed by atoms with van der Waals surface area (Å²) in [6.45, 7) is 14.0. The quantitative estimate of drug-likeness (QED) is 0.631. The Morgan fingerprint density at radius 2 is 1.73 bits per heavy atom. The molecule has 0 atom stereocenters. The van der Waals surface area contributed by atoms with Gasteiger partial charge >= 0.3 is 6.09 Å². The van der Waals surface area contributed by atoms with Gasteiger partial charge in [0.1, 0.15) is 0 Å². The molecular formula is C20H40ClN3O2. The third-order valence-corrected chi connectivity index (χ3v) is 5.48. The van der Waals surface area contributed by atoms with Crippen LogP contribution in [0.2, 0.25) is 0 Å². The lowest BCUT2D eigenvalue weighted by atomic mass is 9.94. The maximum atomic E-state index is 12.0. The van der Waals surface area contributed by atoms with Gasteiger partial charge in [-0.15, -0.1) is 12.4 Å². The van der Waals surface area contributed by atoms with Gasteiger partial charge in [-0.3, -0.25) is 9.80 Å². The van der Waals surface area contributed by atoms with E-state index in [0.29, 0.717) is 12.5 Å². The van der Waals surface area contributed by atoms with E-state index in [1.54, 1.807) is 0 Å². The van der Waals surface area contributed by atoms with Crippen LogP contribution in [0, 0.1) is 5.92 Å². The van der Waals surface area contributed by atoms with Crippen molar-refractivity contribution in [3.05, 3.63) is 0 Å². The van der Waals surface area contributed by atoms with E-state index in [1.165, 1.54) is 51.6 Å². The van der Waals surface area contributed by atoms with E-state index >= 15 is 0 Å². The number of amides is 1. The molecule has 26 heavy (non-hydrogen) atoms. The Kier molecular flexibility index (Phi) is 11.6. The van der Waals surface area contributed by atoms with Crippen LogP contribution in [0.3, 0.4) is 0 Å². The van der Waals surface area contributed by atoms with Crippen LogP contribution in [0.15, 0.2) is 0 Å². The smallest absolute Gasteiger partial charge is 0.409 e. The van der Waals surface area contributed by atoms with E-state index in [4.69, 9.17) is 4.74 Å². The van der Waals surface area contributed by atoms with Crippen molar-refractivity contribution in [2.24, 2.45) is 5.92 Å². The average Bonchev–Trinajstić information content (AvgIpc) is 2.64. The van der Waals surface area contributed by atoms with Crippen molar-refractivity contribution in [1.82, 2.24) is 14.7 Å². The summed E-state index contributed by atoms with van der Waals surface area (Å²) in [6.07, 6.45) is 8.11. The van der Waals surface area contributed by atoms with Crippen LogP contribution in [0.1, 0.15) is 59.3 Å². The number of rotatable bonds is 8. The molecule has 0 unspecified atom stereocenters. The van der Waals surface area contributed by atoms with Gasteiger partial charge in [0.05, 0.1) is 6.61 Å². The summed E-state index contributed by atoms with van der Waals surface area (Å²) in [4.78, 5) is 19.1. The summed E-state index contributed by atoms with van der Waals surface area (Å²) in [5, 5.41) is 0. The van der Waals surface area contributed by atoms with Gasteiger partial charge in [0, 0.05) is 45.3 Å². The van der Waals surface area contributed by atoms with Crippen molar-refractivity contribution < 1.29 is 9.53 Å². The summed E-state index contributed by atoms with van der Waals surface area (Å²) < 4.78 is 5.35. The predicted octanol–water partition coefficient (Wildman–Crippen LogP) is 3.86. The zero-order valence-corrected chi connectivity index (χ0v) is 17.9. The average molecular weight is 390 g/mol. The van der Waals surface area contributed by atoms with Gasteiger partial charge < -0.3 is 9.64 Å².